The number of rotatable bonds is 1. The van der Waals surface area contributed by atoms with E-state index in [1.807, 2.05) is 32.9 Å². The van der Waals surface area contributed by atoms with Gasteiger partial charge in [-0.1, -0.05) is 12.1 Å². The van der Waals surface area contributed by atoms with Crippen LogP contribution < -0.4 is 11.1 Å². The fourth-order valence-electron chi connectivity index (χ4n) is 2.92. The second-order valence-corrected chi connectivity index (χ2v) is 8.25. The Balaban J connectivity index is 2.50. The molecule has 1 aliphatic heterocycles. The molecule has 1 aromatic rings. The third-order valence-corrected chi connectivity index (χ3v) is 4.77. The Morgan fingerprint density at radius 1 is 1.27 bits per heavy atom. The fourth-order valence-corrected chi connectivity index (χ4v) is 2.92. The van der Waals surface area contributed by atoms with Crippen LogP contribution in [0, 0.1) is 5.41 Å². The summed E-state index contributed by atoms with van der Waals surface area (Å²) in [4.78, 5) is 31.3. The van der Waals surface area contributed by atoms with Crippen molar-refractivity contribution >= 4 is 23.6 Å². The van der Waals surface area contributed by atoms with Gasteiger partial charge in [0.1, 0.15) is 11.1 Å². The van der Waals surface area contributed by atoms with Crippen LogP contribution in [0.2, 0.25) is 0 Å². The van der Waals surface area contributed by atoms with E-state index >= 15 is 0 Å². The van der Waals surface area contributed by atoms with E-state index in [9.17, 15) is 9.59 Å². The number of alkyl carbamates (subject to hydrolysis) is 1. The van der Waals surface area contributed by atoms with Crippen LogP contribution in [0.15, 0.2) is 29.3 Å². The largest absolute Gasteiger partial charge is 0.444 e. The molecule has 1 atom stereocenters. The third-order valence-electron chi connectivity index (χ3n) is 4.77. The molecule has 7 nitrogen and oxygen atoms in total. The molecule has 1 aromatic carbocycles. The maximum atomic E-state index is 13.0. The molecule has 7 heteroatoms. The molecule has 26 heavy (non-hydrogen) atoms. The first kappa shape index (κ1) is 19.8. The summed E-state index contributed by atoms with van der Waals surface area (Å²) in [6.07, 6.45) is -0.662. The molecule has 0 fully saturated rings. The predicted octanol–water partition coefficient (Wildman–Crippen LogP) is 2.86. The number of nitrogens with two attached hydrogens (primary N) is 1. The van der Waals surface area contributed by atoms with E-state index in [4.69, 9.17) is 15.5 Å². The van der Waals surface area contributed by atoms with Gasteiger partial charge in [0.25, 0.3) is 0 Å². The average molecular weight is 360 g/mol. The minimum absolute atomic E-state index is 0.147. The SMILES string of the molecule is CN1C(=O)C(C)(C)C(C)(c2cccc(N)c2)N=C1NC(=O)OC(C)(C)C. The summed E-state index contributed by atoms with van der Waals surface area (Å²) in [5, 5.41) is 2.60. The van der Waals surface area contributed by atoms with Crippen molar-refractivity contribution in [3.05, 3.63) is 29.8 Å². The van der Waals surface area contributed by atoms with Crippen LogP contribution in [-0.4, -0.2) is 35.5 Å². The Morgan fingerprint density at radius 3 is 2.42 bits per heavy atom. The summed E-state index contributed by atoms with van der Waals surface area (Å²) in [6.45, 7) is 10.8. The molecular formula is C19H28N4O3. The van der Waals surface area contributed by atoms with Crippen LogP contribution >= 0.6 is 0 Å². The van der Waals surface area contributed by atoms with Gasteiger partial charge in [0.05, 0.1) is 5.41 Å². The molecule has 142 valence electrons. The van der Waals surface area contributed by atoms with E-state index in [1.54, 1.807) is 40.0 Å². The Labute approximate surface area is 154 Å². The van der Waals surface area contributed by atoms with Crippen molar-refractivity contribution in [2.24, 2.45) is 10.4 Å². The zero-order valence-corrected chi connectivity index (χ0v) is 16.5. The van der Waals surface area contributed by atoms with E-state index in [0.717, 1.165) is 5.56 Å². The molecule has 0 saturated carbocycles. The number of nitrogens with zero attached hydrogens (tertiary/aromatic N) is 2. The smallest absolute Gasteiger partial charge is 0.414 e. The molecule has 0 aromatic heterocycles. The molecule has 1 unspecified atom stereocenters. The highest BCUT2D eigenvalue weighted by Gasteiger charge is 2.53. The number of nitrogens with one attached hydrogen (secondary N) is 1. The number of nitrogen functional groups attached to an aromatic ring is 1. The third kappa shape index (κ3) is 3.52. The topological polar surface area (TPSA) is 97.0 Å². The van der Waals surface area contributed by atoms with E-state index in [0.29, 0.717) is 5.69 Å². The summed E-state index contributed by atoms with van der Waals surface area (Å²) in [7, 11) is 1.58. The fraction of sp³-hybridized carbons (Fsp3) is 0.526. The molecule has 1 heterocycles. The highest BCUT2D eigenvalue weighted by molar-refractivity contribution is 6.06. The van der Waals surface area contributed by atoms with Gasteiger partial charge >= 0.3 is 6.09 Å². The first-order valence-corrected chi connectivity index (χ1v) is 8.52. The van der Waals surface area contributed by atoms with Crippen molar-refractivity contribution in [3.63, 3.8) is 0 Å². The molecule has 3 N–H and O–H groups in total. The summed E-state index contributed by atoms with van der Waals surface area (Å²) in [5.41, 5.74) is 4.91. The number of carbonyl (C=O) groups is 2. The lowest BCUT2D eigenvalue weighted by Gasteiger charge is -2.46. The maximum absolute atomic E-state index is 13.0. The van der Waals surface area contributed by atoms with Crippen molar-refractivity contribution in [1.82, 2.24) is 10.2 Å². The van der Waals surface area contributed by atoms with Gasteiger partial charge in [-0.15, -0.1) is 0 Å². The maximum Gasteiger partial charge on any atom is 0.414 e. The Hall–Kier alpha value is -2.57. The lowest BCUT2D eigenvalue weighted by atomic mass is 9.68. The van der Waals surface area contributed by atoms with Crippen LogP contribution in [0.4, 0.5) is 10.5 Å². The van der Waals surface area contributed by atoms with Gasteiger partial charge in [-0.3, -0.25) is 15.0 Å². The normalized spacial score (nSPS) is 22.7. The second-order valence-electron chi connectivity index (χ2n) is 8.25. The number of aliphatic imine (C=N–C) groups is 1. The van der Waals surface area contributed by atoms with Gasteiger partial charge in [-0.25, -0.2) is 9.79 Å². The summed E-state index contributed by atoms with van der Waals surface area (Å²) < 4.78 is 5.28. The number of hydrogen-bond donors (Lipinski definition) is 2. The molecule has 1 aliphatic rings. The highest BCUT2D eigenvalue weighted by atomic mass is 16.6. The monoisotopic (exact) mass is 360 g/mol. The van der Waals surface area contributed by atoms with Gasteiger partial charge in [0, 0.05) is 12.7 Å². The predicted molar refractivity (Wildman–Crippen MR) is 102 cm³/mol. The lowest BCUT2D eigenvalue weighted by molar-refractivity contribution is -0.140. The molecule has 2 amide bonds. The molecule has 0 saturated heterocycles. The number of carbonyl (C=O) groups excluding carboxylic acids is 2. The average Bonchev–Trinajstić information content (AvgIpc) is 2.49. The zero-order valence-electron chi connectivity index (χ0n) is 16.5. The van der Waals surface area contributed by atoms with E-state index in [-0.39, 0.29) is 11.9 Å². The zero-order chi connectivity index (χ0) is 19.9. The van der Waals surface area contributed by atoms with Crippen molar-refractivity contribution in [1.29, 1.82) is 0 Å². The number of hydrogen-bond acceptors (Lipinski definition) is 5. The van der Waals surface area contributed by atoms with E-state index in [1.165, 1.54) is 4.90 Å². The lowest BCUT2D eigenvalue weighted by Crippen LogP contribution is -2.60. The Bertz CT molecular complexity index is 764. The van der Waals surface area contributed by atoms with E-state index < -0.39 is 22.6 Å². The number of guanidine groups is 1. The minimum Gasteiger partial charge on any atom is -0.444 e. The van der Waals surface area contributed by atoms with E-state index in [2.05, 4.69) is 5.32 Å². The standard InChI is InChI=1S/C19H28N4O3/c1-17(2,3)26-16(25)21-15-22-19(6,12-9-8-10-13(20)11-12)18(4,5)14(24)23(15)7/h8-11H,20H2,1-7H3,(H,21,22,25). The van der Waals surface area contributed by atoms with Gasteiger partial charge in [-0.05, 0) is 59.2 Å². The summed E-state index contributed by atoms with van der Waals surface area (Å²) in [6, 6.07) is 7.28. The number of ether oxygens (including phenoxy) is 1. The molecule has 0 radical (unpaired) electrons. The second kappa shape index (κ2) is 6.30. The first-order valence-electron chi connectivity index (χ1n) is 8.52. The first-order chi connectivity index (χ1) is 11.8. The molecule has 0 aliphatic carbocycles. The number of amides is 2. The van der Waals surface area contributed by atoms with Gasteiger partial charge in [0.15, 0.2) is 0 Å². The van der Waals surface area contributed by atoms with Gasteiger partial charge in [0.2, 0.25) is 11.9 Å². The number of benzene rings is 1. The molecule has 0 spiro atoms. The Morgan fingerprint density at radius 2 is 1.88 bits per heavy atom. The van der Waals surface area contributed by atoms with Crippen LogP contribution in [0.25, 0.3) is 0 Å². The molecule has 0 bridgehead atoms. The van der Waals surface area contributed by atoms with Crippen LogP contribution in [0.5, 0.6) is 0 Å². The van der Waals surface area contributed by atoms with Crippen molar-refractivity contribution in [2.45, 2.75) is 52.7 Å². The van der Waals surface area contributed by atoms with Crippen LogP contribution in [0.1, 0.15) is 47.1 Å². The van der Waals surface area contributed by atoms with Crippen molar-refractivity contribution in [2.75, 3.05) is 12.8 Å². The number of anilines is 1. The quantitative estimate of drug-likeness (QED) is 0.753. The summed E-state index contributed by atoms with van der Waals surface area (Å²) in [5.74, 6) is -0.0167. The van der Waals surface area contributed by atoms with Crippen LogP contribution in [0.3, 0.4) is 0 Å². The minimum atomic E-state index is -0.906. The summed E-state index contributed by atoms with van der Waals surface area (Å²) >= 11 is 0. The van der Waals surface area contributed by atoms with Crippen LogP contribution in [-0.2, 0) is 15.1 Å². The van der Waals surface area contributed by atoms with Crippen molar-refractivity contribution in [3.8, 4) is 0 Å². The molecular weight excluding hydrogens is 332 g/mol. The van der Waals surface area contributed by atoms with Crippen molar-refractivity contribution < 1.29 is 14.3 Å². The highest BCUT2D eigenvalue weighted by Crippen LogP contribution is 2.46. The molecule has 2 rings (SSSR count). The van der Waals surface area contributed by atoms with Gasteiger partial charge in [-0.2, -0.15) is 0 Å². The van der Waals surface area contributed by atoms with Gasteiger partial charge < -0.3 is 10.5 Å². The Kier molecular flexibility index (Phi) is 4.79.